The van der Waals surface area contributed by atoms with E-state index >= 15 is 0 Å². The standard InChI is InChI=1S/C11H17N5/c1-8-3-2-4-16(7-8)10-6-14-9(5-15-10)11(12)13/h5-6,8H,2-4,7H2,1H3,(H3,12,13). The highest BCUT2D eigenvalue weighted by molar-refractivity contribution is 5.92. The fraction of sp³-hybridized carbons (Fsp3) is 0.545. The van der Waals surface area contributed by atoms with Crippen LogP contribution in [0.3, 0.4) is 0 Å². The first-order valence-corrected chi connectivity index (χ1v) is 5.58. The predicted octanol–water partition coefficient (Wildman–Crippen LogP) is 0.997. The zero-order chi connectivity index (χ0) is 11.5. The number of hydrogen-bond acceptors (Lipinski definition) is 4. The van der Waals surface area contributed by atoms with Crippen LogP contribution in [0.4, 0.5) is 5.82 Å². The molecule has 1 aromatic rings. The molecule has 0 radical (unpaired) electrons. The lowest BCUT2D eigenvalue weighted by atomic mass is 10.0. The molecule has 2 rings (SSSR count). The average molecular weight is 219 g/mol. The van der Waals surface area contributed by atoms with Crippen LogP contribution in [-0.4, -0.2) is 28.9 Å². The first-order chi connectivity index (χ1) is 7.66. The number of nitrogens with zero attached hydrogens (tertiary/aromatic N) is 3. The molecule has 0 bridgehead atoms. The van der Waals surface area contributed by atoms with Crippen molar-refractivity contribution in [3.63, 3.8) is 0 Å². The number of anilines is 1. The van der Waals surface area contributed by atoms with Crippen LogP contribution in [0.5, 0.6) is 0 Å². The minimum Gasteiger partial charge on any atom is -0.382 e. The van der Waals surface area contributed by atoms with Crippen LogP contribution in [0.25, 0.3) is 0 Å². The zero-order valence-corrected chi connectivity index (χ0v) is 9.48. The van der Waals surface area contributed by atoms with E-state index in [1.165, 1.54) is 12.8 Å². The maximum absolute atomic E-state index is 7.24. The summed E-state index contributed by atoms with van der Waals surface area (Å²) in [7, 11) is 0. The Hall–Kier alpha value is -1.65. The minimum absolute atomic E-state index is 0.0361. The lowest BCUT2D eigenvalue weighted by molar-refractivity contribution is 0.444. The summed E-state index contributed by atoms with van der Waals surface area (Å²) in [6, 6.07) is 0. The highest BCUT2D eigenvalue weighted by atomic mass is 15.2. The molecule has 5 heteroatoms. The van der Waals surface area contributed by atoms with Gasteiger partial charge in [-0.2, -0.15) is 0 Å². The van der Waals surface area contributed by atoms with Crippen molar-refractivity contribution in [1.82, 2.24) is 9.97 Å². The van der Waals surface area contributed by atoms with E-state index in [4.69, 9.17) is 11.1 Å². The molecule has 1 atom stereocenters. The summed E-state index contributed by atoms with van der Waals surface area (Å²) in [4.78, 5) is 10.7. The van der Waals surface area contributed by atoms with E-state index in [0.29, 0.717) is 11.6 Å². The molecule has 16 heavy (non-hydrogen) atoms. The monoisotopic (exact) mass is 219 g/mol. The van der Waals surface area contributed by atoms with Crippen LogP contribution in [-0.2, 0) is 0 Å². The molecule has 0 spiro atoms. The van der Waals surface area contributed by atoms with Gasteiger partial charge in [0.2, 0.25) is 0 Å². The van der Waals surface area contributed by atoms with E-state index in [1.807, 2.05) is 0 Å². The van der Waals surface area contributed by atoms with Gasteiger partial charge >= 0.3 is 0 Å². The Bertz CT molecular complexity index is 372. The third-order valence-corrected chi connectivity index (χ3v) is 2.90. The highest BCUT2D eigenvalue weighted by Crippen LogP contribution is 2.20. The first kappa shape index (κ1) is 10.9. The van der Waals surface area contributed by atoms with Crippen LogP contribution >= 0.6 is 0 Å². The molecule has 0 aliphatic carbocycles. The van der Waals surface area contributed by atoms with E-state index in [2.05, 4.69) is 21.8 Å². The van der Waals surface area contributed by atoms with Crippen molar-refractivity contribution in [2.45, 2.75) is 19.8 Å². The molecule has 0 amide bonds. The maximum Gasteiger partial charge on any atom is 0.147 e. The van der Waals surface area contributed by atoms with E-state index in [0.717, 1.165) is 18.9 Å². The van der Waals surface area contributed by atoms with Crippen molar-refractivity contribution in [2.24, 2.45) is 11.7 Å². The number of aromatic nitrogens is 2. The summed E-state index contributed by atoms with van der Waals surface area (Å²) >= 11 is 0. The second-order valence-corrected chi connectivity index (χ2v) is 4.37. The molecule has 1 saturated heterocycles. The topological polar surface area (TPSA) is 78.9 Å². The molecule has 86 valence electrons. The molecule has 1 aliphatic heterocycles. The van der Waals surface area contributed by atoms with Gasteiger partial charge in [0.1, 0.15) is 17.3 Å². The molecule has 2 heterocycles. The quantitative estimate of drug-likeness (QED) is 0.574. The van der Waals surface area contributed by atoms with Crippen LogP contribution in [0.15, 0.2) is 12.4 Å². The van der Waals surface area contributed by atoms with Crippen LogP contribution in [0.2, 0.25) is 0 Å². The molecule has 3 N–H and O–H groups in total. The Balaban J connectivity index is 2.11. The SMILES string of the molecule is CC1CCCN(c2cnc(C(=N)N)cn2)C1. The molecular weight excluding hydrogens is 202 g/mol. The summed E-state index contributed by atoms with van der Waals surface area (Å²) < 4.78 is 0. The van der Waals surface area contributed by atoms with E-state index < -0.39 is 0 Å². The van der Waals surface area contributed by atoms with Crippen LogP contribution in [0.1, 0.15) is 25.5 Å². The normalized spacial score (nSPS) is 20.8. The Kier molecular flexibility index (Phi) is 3.03. The van der Waals surface area contributed by atoms with Crippen molar-refractivity contribution in [2.75, 3.05) is 18.0 Å². The van der Waals surface area contributed by atoms with Gasteiger partial charge in [0.25, 0.3) is 0 Å². The van der Waals surface area contributed by atoms with Crippen molar-refractivity contribution in [3.8, 4) is 0 Å². The molecule has 1 aliphatic rings. The van der Waals surface area contributed by atoms with Gasteiger partial charge in [-0.05, 0) is 18.8 Å². The second-order valence-electron chi connectivity index (χ2n) is 4.37. The summed E-state index contributed by atoms with van der Waals surface area (Å²) in [5, 5.41) is 7.24. The fourth-order valence-electron chi connectivity index (χ4n) is 2.02. The van der Waals surface area contributed by atoms with Gasteiger partial charge < -0.3 is 10.6 Å². The van der Waals surface area contributed by atoms with E-state index in [1.54, 1.807) is 12.4 Å². The lowest BCUT2D eigenvalue weighted by Crippen LogP contribution is -2.35. The Morgan fingerprint density at radius 1 is 1.50 bits per heavy atom. The van der Waals surface area contributed by atoms with Gasteiger partial charge in [0.05, 0.1) is 12.4 Å². The Labute approximate surface area is 95.2 Å². The Morgan fingerprint density at radius 3 is 2.88 bits per heavy atom. The first-order valence-electron chi connectivity index (χ1n) is 5.58. The van der Waals surface area contributed by atoms with E-state index in [9.17, 15) is 0 Å². The van der Waals surface area contributed by atoms with Crippen LogP contribution in [0, 0.1) is 11.3 Å². The number of rotatable bonds is 2. The number of piperidine rings is 1. The number of amidine groups is 1. The average Bonchev–Trinajstić information content (AvgIpc) is 2.29. The fourth-order valence-corrected chi connectivity index (χ4v) is 2.02. The van der Waals surface area contributed by atoms with E-state index in [-0.39, 0.29) is 5.84 Å². The highest BCUT2D eigenvalue weighted by Gasteiger charge is 2.17. The van der Waals surface area contributed by atoms with Gasteiger partial charge in [0, 0.05) is 13.1 Å². The van der Waals surface area contributed by atoms with Gasteiger partial charge in [-0.25, -0.2) is 9.97 Å². The third kappa shape index (κ3) is 2.29. The van der Waals surface area contributed by atoms with Crippen molar-refractivity contribution >= 4 is 11.7 Å². The molecular formula is C11H17N5. The molecule has 1 aromatic heterocycles. The largest absolute Gasteiger partial charge is 0.382 e. The zero-order valence-electron chi connectivity index (χ0n) is 9.48. The predicted molar refractivity (Wildman–Crippen MR) is 63.7 cm³/mol. The smallest absolute Gasteiger partial charge is 0.147 e. The summed E-state index contributed by atoms with van der Waals surface area (Å²) in [6.07, 6.45) is 5.76. The molecule has 5 nitrogen and oxygen atoms in total. The minimum atomic E-state index is -0.0361. The number of hydrogen-bond donors (Lipinski definition) is 2. The molecule has 0 aromatic carbocycles. The summed E-state index contributed by atoms with van der Waals surface area (Å²) in [5.74, 6) is 1.56. The van der Waals surface area contributed by atoms with Crippen molar-refractivity contribution in [1.29, 1.82) is 5.41 Å². The molecule has 1 unspecified atom stereocenters. The molecule has 0 saturated carbocycles. The van der Waals surface area contributed by atoms with Crippen molar-refractivity contribution in [3.05, 3.63) is 18.1 Å². The van der Waals surface area contributed by atoms with Crippen molar-refractivity contribution < 1.29 is 0 Å². The van der Waals surface area contributed by atoms with Gasteiger partial charge in [0.15, 0.2) is 0 Å². The van der Waals surface area contributed by atoms with Gasteiger partial charge in [-0.15, -0.1) is 0 Å². The number of nitrogen functional groups attached to an aromatic ring is 1. The van der Waals surface area contributed by atoms with Gasteiger partial charge in [-0.3, -0.25) is 5.41 Å². The van der Waals surface area contributed by atoms with Gasteiger partial charge in [-0.1, -0.05) is 6.92 Å². The summed E-state index contributed by atoms with van der Waals surface area (Å²) in [5.41, 5.74) is 5.77. The third-order valence-electron chi connectivity index (χ3n) is 2.90. The summed E-state index contributed by atoms with van der Waals surface area (Å²) in [6.45, 7) is 4.33. The Morgan fingerprint density at radius 2 is 2.31 bits per heavy atom. The molecule has 1 fully saturated rings. The second kappa shape index (κ2) is 4.47. The number of nitrogens with one attached hydrogen (secondary N) is 1. The maximum atomic E-state index is 7.24. The van der Waals surface area contributed by atoms with Crippen LogP contribution < -0.4 is 10.6 Å². The number of nitrogens with two attached hydrogens (primary N) is 1. The lowest BCUT2D eigenvalue weighted by Gasteiger charge is -2.31.